The summed E-state index contributed by atoms with van der Waals surface area (Å²) >= 11 is 0. The Kier molecular flexibility index (Phi) is 5.87. The van der Waals surface area contributed by atoms with Gasteiger partial charge in [0.25, 0.3) is 11.8 Å². The Morgan fingerprint density at radius 3 is 2.12 bits per heavy atom. The molecule has 142 valence electrons. The molecule has 0 bridgehead atoms. The standard InChI is InChI=1S/C14H16N2O9S/c17-10-4-5-11(18)15(10)8-2-1-3-9(14(21)25-26(22,23)24)16-12(19)6-7-13(16)20/h4-5,9H,1-3,6-8H2,(H,22,23,24). The van der Waals surface area contributed by atoms with Crippen LogP contribution in [0.2, 0.25) is 0 Å². The smallest absolute Gasteiger partial charge is 0.323 e. The third-order valence-corrected chi connectivity index (χ3v) is 4.25. The van der Waals surface area contributed by atoms with Crippen molar-refractivity contribution in [2.75, 3.05) is 6.54 Å². The van der Waals surface area contributed by atoms with Crippen molar-refractivity contribution in [3.05, 3.63) is 12.2 Å². The van der Waals surface area contributed by atoms with Gasteiger partial charge in [-0.3, -0.25) is 33.5 Å². The van der Waals surface area contributed by atoms with E-state index >= 15 is 0 Å². The second-order valence-electron chi connectivity index (χ2n) is 5.66. The second kappa shape index (κ2) is 7.74. The zero-order valence-electron chi connectivity index (χ0n) is 13.5. The molecule has 1 saturated heterocycles. The molecule has 4 amide bonds. The molecule has 26 heavy (non-hydrogen) atoms. The summed E-state index contributed by atoms with van der Waals surface area (Å²) in [5.41, 5.74) is 0. The van der Waals surface area contributed by atoms with Gasteiger partial charge in [0.05, 0.1) is 0 Å². The molecule has 0 radical (unpaired) electrons. The molecule has 2 heterocycles. The van der Waals surface area contributed by atoms with E-state index in [9.17, 15) is 32.4 Å². The van der Waals surface area contributed by atoms with Crippen molar-refractivity contribution in [3.63, 3.8) is 0 Å². The number of rotatable bonds is 8. The minimum Gasteiger partial charge on any atom is -0.323 e. The number of carbonyl (C=O) groups is 5. The summed E-state index contributed by atoms with van der Waals surface area (Å²) in [6.07, 6.45) is 2.31. The number of carbonyl (C=O) groups excluding carboxylic acids is 5. The van der Waals surface area contributed by atoms with Crippen LogP contribution in [0.25, 0.3) is 0 Å². The molecule has 0 aliphatic carbocycles. The highest BCUT2D eigenvalue weighted by atomic mass is 32.3. The first-order valence-corrected chi connectivity index (χ1v) is 9.06. The van der Waals surface area contributed by atoms with Gasteiger partial charge in [-0.1, -0.05) is 0 Å². The highest BCUT2D eigenvalue weighted by molar-refractivity contribution is 7.81. The fourth-order valence-electron chi connectivity index (χ4n) is 2.71. The molecule has 0 saturated carbocycles. The summed E-state index contributed by atoms with van der Waals surface area (Å²) in [4.78, 5) is 60.0. The maximum absolute atomic E-state index is 12.0. The van der Waals surface area contributed by atoms with Crippen molar-refractivity contribution >= 4 is 40.0 Å². The van der Waals surface area contributed by atoms with Gasteiger partial charge in [0.2, 0.25) is 11.8 Å². The number of likely N-dealkylation sites (tertiary alicyclic amines) is 1. The van der Waals surface area contributed by atoms with Crippen molar-refractivity contribution in [3.8, 4) is 0 Å². The molecule has 0 aromatic rings. The fourth-order valence-corrected chi connectivity index (χ4v) is 3.03. The monoisotopic (exact) mass is 388 g/mol. The van der Waals surface area contributed by atoms with Crippen LogP contribution in [0.1, 0.15) is 32.1 Å². The molecular weight excluding hydrogens is 372 g/mol. The van der Waals surface area contributed by atoms with Crippen molar-refractivity contribution < 1.29 is 41.1 Å². The van der Waals surface area contributed by atoms with E-state index in [1.165, 1.54) is 0 Å². The van der Waals surface area contributed by atoms with E-state index in [2.05, 4.69) is 4.18 Å². The predicted molar refractivity (Wildman–Crippen MR) is 82.2 cm³/mol. The number of unbranched alkanes of at least 4 members (excludes halogenated alkanes) is 1. The quantitative estimate of drug-likeness (QED) is 0.311. The van der Waals surface area contributed by atoms with Gasteiger partial charge in [-0.25, -0.2) is 4.79 Å². The van der Waals surface area contributed by atoms with E-state index in [-0.39, 0.29) is 38.6 Å². The molecular formula is C14H16N2O9S. The molecule has 11 nitrogen and oxygen atoms in total. The first kappa shape index (κ1) is 19.7. The van der Waals surface area contributed by atoms with Gasteiger partial charge in [-0.05, 0) is 19.3 Å². The van der Waals surface area contributed by atoms with Crippen molar-refractivity contribution in [1.29, 1.82) is 0 Å². The van der Waals surface area contributed by atoms with Gasteiger partial charge in [-0.2, -0.15) is 8.42 Å². The summed E-state index contributed by atoms with van der Waals surface area (Å²) in [6, 6.07) is -1.51. The molecule has 1 atom stereocenters. The maximum Gasteiger partial charge on any atom is 0.449 e. The van der Waals surface area contributed by atoms with Crippen LogP contribution >= 0.6 is 0 Å². The normalized spacial score (nSPS) is 18.8. The van der Waals surface area contributed by atoms with Crippen molar-refractivity contribution in [1.82, 2.24) is 9.80 Å². The minimum atomic E-state index is -5.10. The Morgan fingerprint density at radius 2 is 1.62 bits per heavy atom. The molecule has 0 aromatic heterocycles. The van der Waals surface area contributed by atoms with Gasteiger partial charge in [0.1, 0.15) is 6.04 Å². The number of amides is 4. The average Bonchev–Trinajstić information content (AvgIpc) is 3.01. The van der Waals surface area contributed by atoms with Gasteiger partial charge in [-0.15, -0.1) is 0 Å². The van der Waals surface area contributed by atoms with E-state index < -0.39 is 46.0 Å². The van der Waals surface area contributed by atoms with Crippen LogP contribution in [-0.2, 0) is 38.6 Å². The first-order valence-electron chi connectivity index (χ1n) is 7.69. The number of hydrogen-bond donors (Lipinski definition) is 1. The lowest BCUT2D eigenvalue weighted by atomic mass is 10.1. The highest BCUT2D eigenvalue weighted by Crippen LogP contribution is 2.21. The van der Waals surface area contributed by atoms with Crippen LogP contribution in [0, 0.1) is 0 Å². The molecule has 2 aliphatic rings. The van der Waals surface area contributed by atoms with Crippen LogP contribution in [-0.4, -0.2) is 65.0 Å². The van der Waals surface area contributed by atoms with E-state index in [1.807, 2.05) is 0 Å². The Morgan fingerprint density at radius 1 is 1.08 bits per heavy atom. The summed E-state index contributed by atoms with van der Waals surface area (Å²) in [5, 5.41) is 0. The Labute approximate surface area is 148 Å². The van der Waals surface area contributed by atoms with E-state index in [0.29, 0.717) is 4.90 Å². The molecule has 0 spiro atoms. The number of imide groups is 2. The summed E-state index contributed by atoms with van der Waals surface area (Å²) < 4.78 is 34.0. The van der Waals surface area contributed by atoms with E-state index in [4.69, 9.17) is 4.55 Å². The average molecular weight is 388 g/mol. The van der Waals surface area contributed by atoms with Gasteiger partial charge in [0, 0.05) is 31.5 Å². The van der Waals surface area contributed by atoms with Crippen LogP contribution in [0.4, 0.5) is 0 Å². The lowest BCUT2D eigenvalue weighted by Gasteiger charge is -2.24. The van der Waals surface area contributed by atoms with Gasteiger partial charge in [0.15, 0.2) is 0 Å². The minimum absolute atomic E-state index is 0.0621. The number of nitrogens with zero attached hydrogens (tertiary/aromatic N) is 2. The summed E-state index contributed by atoms with van der Waals surface area (Å²) in [5.74, 6) is -3.70. The second-order valence-corrected chi connectivity index (χ2v) is 6.68. The third kappa shape index (κ3) is 4.73. The Balaban J connectivity index is 1.99. The van der Waals surface area contributed by atoms with Crippen molar-refractivity contribution in [2.45, 2.75) is 38.1 Å². The Bertz CT molecular complexity index is 752. The zero-order valence-corrected chi connectivity index (χ0v) is 14.3. The van der Waals surface area contributed by atoms with E-state index in [1.54, 1.807) is 0 Å². The molecule has 12 heteroatoms. The maximum atomic E-state index is 12.0. The van der Waals surface area contributed by atoms with Crippen molar-refractivity contribution in [2.24, 2.45) is 0 Å². The van der Waals surface area contributed by atoms with Gasteiger partial charge >= 0.3 is 16.4 Å². The van der Waals surface area contributed by atoms with Crippen LogP contribution in [0.3, 0.4) is 0 Å². The molecule has 2 rings (SSSR count). The molecule has 1 N–H and O–H groups in total. The highest BCUT2D eigenvalue weighted by Gasteiger charge is 2.40. The summed E-state index contributed by atoms with van der Waals surface area (Å²) in [6.45, 7) is 0.0621. The lowest BCUT2D eigenvalue weighted by Crippen LogP contribution is -2.45. The molecule has 1 fully saturated rings. The largest absolute Gasteiger partial charge is 0.449 e. The van der Waals surface area contributed by atoms with Crippen LogP contribution in [0.15, 0.2) is 12.2 Å². The SMILES string of the molecule is O=C(OS(=O)(=O)O)C(CCCCN1C(=O)C=CC1=O)N1C(=O)CCC1=O. The zero-order chi connectivity index (χ0) is 19.5. The van der Waals surface area contributed by atoms with Crippen LogP contribution < -0.4 is 0 Å². The molecule has 0 aromatic carbocycles. The summed E-state index contributed by atoms with van der Waals surface area (Å²) in [7, 11) is -5.10. The fraction of sp³-hybridized carbons (Fsp3) is 0.500. The lowest BCUT2D eigenvalue weighted by molar-refractivity contribution is -0.153. The number of hydrogen-bond acceptors (Lipinski definition) is 8. The molecule has 2 aliphatic heterocycles. The predicted octanol–water partition coefficient (Wildman–Crippen LogP) is -1.05. The van der Waals surface area contributed by atoms with Crippen LogP contribution in [0.5, 0.6) is 0 Å². The topological polar surface area (TPSA) is 155 Å². The first-order chi connectivity index (χ1) is 12.1. The Hall–Kier alpha value is -2.60. The molecule has 1 unspecified atom stereocenters. The third-order valence-electron chi connectivity index (χ3n) is 3.87. The van der Waals surface area contributed by atoms with E-state index in [0.717, 1.165) is 17.1 Å². The van der Waals surface area contributed by atoms with Gasteiger partial charge < -0.3 is 4.18 Å².